The van der Waals surface area contributed by atoms with Crippen molar-refractivity contribution in [2.45, 2.75) is 43.6 Å². The van der Waals surface area contributed by atoms with E-state index in [2.05, 4.69) is 10.1 Å². The summed E-state index contributed by atoms with van der Waals surface area (Å²) in [5.74, 6) is 0.894. The van der Waals surface area contributed by atoms with E-state index in [0.717, 1.165) is 18.4 Å². The maximum Gasteiger partial charge on any atom is 0.260 e. The normalized spacial score (nSPS) is 25.0. The Bertz CT molecular complexity index is 754. The van der Waals surface area contributed by atoms with Crippen LogP contribution in [0.2, 0.25) is 0 Å². The number of carbonyl (C=O) groups excluding carboxylic acids is 1. The fourth-order valence-electron chi connectivity index (χ4n) is 3.54. The number of likely N-dealkylation sites (tertiary alicyclic amines) is 1. The highest BCUT2D eigenvalue weighted by Crippen LogP contribution is 2.50. The summed E-state index contributed by atoms with van der Waals surface area (Å²) in [5.41, 5.74) is -0.574. The summed E-state index contributed by atoms with van der Waals surface area (Å²) in [6.07, 6.45) is 2.81. The second kappa shape index (κ2) is 5.41. The van der Waals surface area contributed by atoms with Crippen LogP contribution in [0, 0.1) is 0 Å². The topological polar surface area (TPSA) is 79.5 Å². The fraction of sp³-hybridized carbons (Fsp3) is 0.500. The molecule has 1 saturated heterocycles. The predicted molar refractivity (Wildman–Crippen MR) is 86.1 cm³/mol. The first-order valence-corrected chi connectivity index (χ1v) is 8.48. The largest absolute Gasteiger partial charge is 0.378 e. The monoisotopic (exact) mass is 327 g/mol. The van der Waals surface area contributed by atoms with Crippen LogP contribution < -0.4 is 0 Å². The SMILES string of the molecule is CCc1noc(C2(O)CCN(C(=O)C3(c4ccccc4)CC3)C2)n1. The Hall–Kier alpha value is -2.21. The van der Waals surface area contributed by atoms with Gasteiger partial charge in [0.25, 0.3) is 5.89 Å². The first-order valence-electron chi connectivity index (χ1n) is 8.48. The van der Waals surface area contributed by atoms with Crippen LogP contribution >= 0.6 is 0 Å². The molecule has 1 unspecified atom stereocenters. The Morgan fingerprint density at radius 2 is 2.04 bits per heavy atom. The van der Waals surface area contributed by atoms with Crippen LogP contribution in [0.4, 0.5) is 0 Å². The zero-order valence-corrected chi connectivity index (χ0v) is 13.7. The minimum atomic E-state index is -1.23. The number of aliphatic hydroxyl groups is 1. The van der Waals surface area contributed by atoms with E-state index in [-0.39, 0.29) is 18.3 Å². The first kappa shape index (κ1) is 15.3. The van der Waals surface area contributed by atoms with Gasteiger partial charge in [0, 0.05) is 19.4 Å². The van der Waals surface area contributed by atoms with Crippen molar-refractivity contribution in [3.05, 3.63) is 47.6 Å². The second-order valence-corrected chi connectivity index (χ2v) is 6.83. The van der Waals surface area contributed by atoms with Gasteiger partial charge in [-0.05, 0) is 18.4 Å². The highest BCUT2D eigenvalue weighted by Gasteiger charge is 2.55. The molecule has 2 aliphatic rings. The molecule has 2 aromatic rings. The summed E-state index contributed by atoms with van der Waals surface area (Å²) in [7, 11) is 0. The molecule has 0 bridgehead atoms. The van der Waals surface area contributed by atoms with Crippen molar-refractivity contribution < 1.29 is 14.4 Å². The number of hydrogen-bond acceptors (Lipinski definition) is 5. The van der Waals surface area contributed by atoms with Crippen molar-refractivity contribution in [2.75, 3.05) is 13.1 Å². The smallest absolute Gasteiger partial charge is 0.260 e. The fourth-order valence-corrected chi connectivity index (χ4v) is 3.54. The van der Waals surface area contributed by atoms with Gasteiger partial charge in [-0.25, -0.2) is 0 Å². The number of aromatic nitrogens is 2. The maximum atomic E-state index is 13.1. The summed E-state index contributed by atoms with van der Waals surface area (Å²) in [6, 6.07) is 9.92. The van der Waals surface area contributed by atoms with Gasteiger partial charge in [-0.1, -0.05) is 42.4 Å². The van der Waals surface area contributed by atoms with E-state index in [1.807, 2.05) is 37.3 Å². The summed E-state index contributed by atoms with van der Waals surface area (Å²) < 4.78 is 5.21. The van der Waals surface area contributed by atoms with Crippen molar-refractivity contribution >= 4 is 5.91 Å². The average Bonchev–Trinajstić information content (AvgIpc) is 3.09. The van der Waals surface area contributed by atoms with Gasteiger partial charge in [0.1, 0.15) is 0 Å². The van der Waals surface area contributed by atoms with Crippen molar-refractivity contribution in [2.24, 2.45) is 0 Å². The molecule has 1 N–H and O–H groups in total. The summed E-state index contributed by atoms with van der Waals surface area (Å²) >= 11 is 0. The van der Waals surface area contributed by atoms with E-state index in [1.54, 1.807) is 4.90 Å². The lowest BCUT2D eigenvalue weighted by Gasteiger charge is -2.24. The molecule has 24 heavy (non-hydrogen) atoms. The van der Waals surface area contributed by atoms with Gasteiger partial charge >= 0.3 is 0 Å². The highest BCUT2D eigenvalue weighted by atomic mass is 16.5. The minimum Gasteiger partial charge on any atom is -0.378 e. The number of amides is 1. The van der Waals surface area contributed by atoms with Crippen molar-refractivity contribution in [1.29, 1.82) is 0 Å². The molecule has 0 radical (unpaired) electrons. The molecule has 1 aliphatic heterocycles. The molecule has 2 heterocycles. The Morgan fingerprint density at radius 1 is 1.29 bits per heavy atom. The number of β-amino-alcohol motifs (C(OH)–C–C–N with tert-alkyl or cyclic N) is 1. The molecule has 126 valence electrons. The predicted octanol–water partition coefficient (Wildman–Crippen LogP) is 1.78. The van der Waals surface area contributed by atoms with Crippen molar-refractivity contribution in [3.63, 3.8) is 0 Å². The molecule has 1 saturated carbocycles. The molecule has 1 atom stereocenters. The van der Waals surface area contributed by atoms with Crippen LogP contribution in [0.25, 0.3) is 0 Å². The van der Waals surface area contributed by atoms with Gasteiger partial charge < -0.3 is 14.5 Å². The molecule has 0 spiro atoms. The number of hydrogen-bond donors (Lipinski definition) is 1. The number of aryl methyl sites for hydroxylation is 1. The molecular formula is C18H21N3O3. The van der Waals surface area contributed by atoms with Gasteiger partial charge in [-0.3, -0.25) is 4.79 Å². The summed E-state index contributed by atoms with van der Waals surface area (Å²) in [4.78, 5) is 19.1. The van der Waals surface area contributed by atoms with E-state index in [4.69, 9.17) is 4.52 Å². The first-order chi connectivity index (χ1) is 11.6. The van der Waals surface area contributed by atoms with E-state index >= 15 is 0 Å². The van der Waals surface area contributed by atoms with E-state index in [0.29, 0.717) is 25.2 Å². The van der Waals surface area contributed by atoms with Crippen molar-refractivity contribution in [1.82, 2.24) is 15.0 Å². The van der Waals surface area contributed by atoms with Crippen LogP contribution in [0.5, 0.6) is 0 Å². The van der Waals surface area contributed by atoms with Crippen LogP contribution in [-0.4, -0.2) is 39.1 Å². The van der Waals surface area contributed by atoms with Gasteiger partial charge in [-0.2, -0.15) is 4.98 Å². The lowest BCUT2D eigenvalue weighted by Crippen LogP contribution is -2.40. The quantitative estimate of drug-likeness (QED) is 0.926. The second-order valence-electron chi connectivity index (χ2n) is 6.83. The molecule has 6 nitrogen and oxygen atoms in total. The zero-order chi connectivity index (χ0) is 16.8. The molecule has 4 rings (SSSR count). The number of nitrogens with zero attached hydrogens (tertiary/aromatic N) is 3. The standard InChI is InChI=1S/C18H21N3O3/c1-2-14-19-15(24-20-14)18(23)10-11-21(12-18)16(22)17(8-9-17)13-6-4-3-5-7-13/h3-7,23H,2,8-12H2,1H3. The van der Waals surface area contributed by atoms with E-state index in [9.17, 15) is 9.90 Å². The molecule has 1 aliphatic carbocycles. The Morgan fingerprint density at radius 3 is 2.67 bits per heavy atom. The van der Waals surface area contributed by atoms with Gasteiger partial charge in [-0.15, -0.1) is 0 Å². The average molecular weight is 327 g/mol. The van der Waals surface area contributed by atoms with Gasteiger partial charge in [0.05, 0.1) is 12.0 Å². The Balaban J connectivity index is 1.53. The lowest BCUT2D eigenvalue weighted by molar-refractivity contribution is -0.134. The van der Waals surface area contributed by atoms with Crippen LogP contribution in [0.15, 0.2) is 34.9 Å². The summed E-state index contributed by atoms with van der Waals surface area (Å²) in [6.45, 7) is 2.65. The molecular weight excluding hydrogens is 306 g/mol. The lowest BCUT2D eigenvalue weighted by atomic mass is 9.94. The van der Waals surface area contributed by atoms with Crippen LogP contribution in [-0.2, 0) is 22.2 Å². The van der Waals surface area contributed by atoms with Crippen LogP contribution in [0.1, 0.15) is 43.5 Å². The van der Waals surface area contributed by atoms with E-state index in [1.165, 1.54) is 0 Å². The van der Waals surface area contributed by atoms with Gasteiger partial charge in [0.15, 0.2) is 11.4 Å². The molecule has 6 heteroatoms. The number of benzene rings is 1. The van der Waals surface area contributed by atoms with E-state index < -0.39 is 11.0 Å². The molecule has 2 fully saturated rings. The third kappa shape index (κ3) is 2.33. The highest BCUT2D eigenvalue weighted by molar-refractivity contribution is 5.91. The molecule has 1 aromatic heterocycles. The minimum absolute atomic E-state index is 0.0971. The Kier molecular flexibility index (Phi) is 3.46. The molecule has 1 aromatic carbocycles. The molecule has 1 amide bonds. The van der Waals surface area contributed by atoms with Crippen LogP contribution in [0.3, 0.4) is 0 Å². The number of carbonyl (C=O) groups is 1. The Labute approximate surface area is 140 Å². The maximum absolute atomic E-state index is 13.1. The van der Waals surface area contributed by atoms with Crippen molar-refractivity contribution in [3.8, 4) is 0 Å². The van der Waals surface area contributed by atoms with Gasteiger partial charge in [0.2, 0.25) is 5.91 Å². The number of rotatable bonds is 4. The zero-order valence-electron chi connectivity index (χ0n) is 13.7. The third-order valence-electron chi connectivity index (χ3n) is 5.20. The third-order valence-corrected chi connectivity index (χ3v) is 5.20. The summed E-state index contributed by atoms with van der Waals surface area (Å²) in [5, 5.41) is 14.7.